The first kappa shape index (κ1) is 14.2. The van der Waals surface area contributed by atoms with E-state index in [0.717, 1.165) is 19.3 Å². The number of benzene rings is 1. The van der Waals surface area contributed by atoms with Gasteiger partial charge in [0.15, 0.2) is 0 Å². The highest BCUT2D eigenvalue weighted by molar-refractivity contribution is 5.84. The summed E-state index contributed by atoms with van der Waals surface area (Å²) in [7, 11) is 0. The number of carbonyl (C=O) groups is 1. The van der Waals surface area contributed by atoms with Crippen molar-refractivity contribution < 1.29 is 9.32 Å². The number of aryl methyl sites for hydroxylation is 1. The molecule has 1 amide bonds. The number of nitrogen functional groups attached to an aromatic ring is 1. The lowest BCUT2D eigenvalue weighted by Crippen LogP contribution is -2.31. The van der Waals surface area contributed by atoms with Gasteiger partial charge >= 0.3 is 0 Å². The zero-order chi connectivity index (χ0) is 15.9. The number of nitrogens with zero attached hydrogens (tertiary/aromatic N) is 2. The lowest BCUT2D eigenvalue weighted by atomic mass is 9.78. The Labute approximate surface area is 134 Å². The Bertz CT molecular complexity index is 742. The quantitative estimate of drug-likeness (QED) is 0.894. The maximum atomic E-state index is 12.5. The second-order valence-corrected chi connectivity index (χ2v) is 6.51. The van der Waals surface area contributed by atoms with Gasteiger partial charge in [-0.2, -0.15) is 4.98 Å². The van der Waals surface area contributed by atoms with Crippen LogP contribution in [0.3, 0.4) is 0 Å². The van der Waals surface area contributed by atoms with Crippen LogP contribution in [0.5, 0.6) is 0 Å². The number of carbonyl (C=O) groups excluding carboxylic acids is 1. The molecule has 2 aliphatic rings. The summed E-state index contributed by atoms with van der Waals surface area (Å²) in [6, 6.07) is 8.57. The summed E-state index contributed by atoms with van der Waals surface area (Å²) >= 11 is 0. The van der Waals surface area contributed by atoms with Gasteiger partial charge in [-0.05, 0) is 42.0 Å². The molecule has 1 saturated carbocycles. The van der Waals surface area contributed by atoms with Gasteiger partial charge in [0, 0.05) is 24.3 Å². The molecule has 2 unspecified atom stereocenters. The molecule has 1 spiro atoms. The Kier molecular flexibility index (Phi) is 3.32. The molecule has 120 valence electrons. The van der Waals surface area contributed by atoms with Crippen LogP contribution in [-0.4, -0.2) is 22.6 Å². The van der Waals surface area contributed by atoms with E-state index in [0.29, 0.717) is 18.9 Å². The molecular formula is C17H20N4O2. The Hall–Kier alpha value is -2.37. The summed E-state index contributed by atoms with van der Waals surface area (Å²) in [5, 5.41) is 6.53. The highest BCUT2D eigenvalue weighted by Crippen LogP contribution is 2.60. The Morgan fingerprint density at radius 2 is 2.30 bits per heavy atom. The Morgan fingerprint density at radius 3 is 3.13 bits per heavy atom. The van der Waals surface area contributed by atoms with E-state index in [1.807, 2.05) is 0 Å². The van der Waals surface area contributed by atoms with Crippen molar-refractivity contribution in [1.29, 1.82) is 0 Å². The number of aromatic nitrogens is 2. The highest BCUT2D eigenvalue weighted by atomic mass is 16.5. The fraction of sp³-hybridized carbons (Fsp3) is 0.471. The number of nitrogens with one attached hydrogen (secondary N) is 1. The molecule has 23 heavy (non-hydrogen) atoms. The molecule has 2 atom stereocenters. The fourth-order valence-corrected chi connectivity index (χ4v) is 3.96. The van der Waals surface area contributed by atoms with E-state index in [2.05, 4.69) is 39.7 Å². The third kappa shape index (κ3) is 2.48. The van der Waals surface area contributed by atoms with Gasteiger partial charge in [-0.1, -0.05) is 24.3 Å². The van der Waals surface area contributed by atoms with Crippen molar-refractivity contribution in [2.24, 2.45) is 5.92 Å². The second kappa shape index (κ2) is 5.37. The molecule has 0 radical (unpaired) electrons. The summed E-state index contributed by atoms with van der Waals surface area (Å²) < 4.78 is 4.94. The van der Waals surface area contributed by atoms with Gasteiger partial charge in [0.2, 0.25) is 11.8 Å². The van der Waals surface area contributed by atoms with Gasteiger partial charge in [-0.15, -0.1) is 0 Å². The van der Waals surface area contributed by atoms with Crippen molar-refractivity contribution in [2.75, 3.05) is 12.3 Å². The molecule has 0 saturated heterocycles. The molecule has 6 nitrogen and oxygen atoms in total. The first-order chi connectivity index (χ1) is 11.2. The summed E-state index contributed by atoms with van der Waals surface area (Å²) in [5.74, 6) is 0.813. The molecule has 1 heterocycles. The number of hydrogen-bond donors (Lipinski definition) is 2. The van der Waals surface area contributed by atoms with Crippen molar-refractivity contribution in [1.82, 2.24) is 15.5 Å². The summed E-state index contributed by atoms with van der Waals surface area (Å²) in [4.78, 5) is 16.4. The van der Waals surface area contributed by atoms with Crippen molar-refractivity contribution >= 4 is 11.9 Å². The summed E-state index contributed by atoms with van der Waals surface area (Å²) in [6.45, 7) is 0.495. The van der Waals surface area contributed by atoms with Crippen molar-refractivity contribution in [3.05, 3.63) is 41.3 Å². The van der Waals surface area contributed by atoms with E-state index in [-0.39, 0.29) is 23.2 Å². The number of amides is 1. The van der Waals surface area contributed by atoms with Crippen LogP contribution in [0, 0.1) is 5.92 Å². The van der Waals surface area contributed by atoms with Crippen LogP contribution in [0.25, 0.3) is 0 Å². The van der Waals surface area contributed by atoms with E-state index in [1.54, 1.807) is 0 Å². The van der Waals surface area contributed by atoms with E-state index in [1.165, 1.54) is 17.5 Å². The second-order valence-electron chi connectivity index (χ2n) is 6.51. The van der Waals surface area contributed by atoms with Gasteiger partial charge in [0.05, 0.1) is 0 Å². The standard InChI is InChI=1S/C17H20N4O2/c18-16-20-14(23-21-16)7-9-19-15(22)13-10-17(13)8-3-5-11-4-1-2-6-12(11)17/h1-2,4,6,13H,3,5,7-10H2,(H2,18,21)(H,19,22). The topological polar surface area (TPSA) is 94.0 Å². The van der Waals surface area contributed by atoms with E-state index in [9.17, 15) is 4.79 Å². The first-order valence-electron chi connectivity index (χ1n) is 8.13. The Balaban J connectivity index is 1.38. The van der Waals surface area contributed by atoms with E-state index < -0.39 is 0 Å². The molecule has 1 fully saturated rings. The largest absolute Gasteiger partial charge is 0.365 e. The van der Waals surface area contributed by atoms with Crippen LogP contribution in [0.15, 0.2) is 28.8 Å². The van der Waals surface area contributed by atoms with Crippen molar-refractivity contribution in [2.45, 2.75) is 37.5 Å². The maximum Gasteiger partial charge on any atom is 0.260 e. The zero-order valence-electron chi connectivity index (χ0n) is 12.9. The number of hydrogen-bond acceptors (Lipinski definition) is 5. The third-order valence-electron chi connectivity index (χ3n) is 5.14. The van der Waals surface area contributed by atoms with Crippen LogP contribution in [0.2, 0.25) is 0 Å². The van der Waals surface area contributed by atoms with E-state index >= 15 is 0 Å². The summed E-state index contributed by atoms with van der Waals surface area (Å²) in [5.41, 5.74) is 8.28. The third-order valence-corrected chi connectivity index (χ3v) is 5.14. The molecular weight excluding hydrogens is 292 g/mol. The number of fused-ring (bicyclic) bond motifs is 2. The monoisotopic (exact) mass is 312 g/mol. The highest BCUT2D eigenvalue weighted by Gasteiger charge is 2.59. The smallest absolute Gasteiger partial charge is 0.260 e. The molecule has 4 rings (SSSR count). The minimum atomic E-state index is 0.0772. The lowest BCUT2D eigenvalue weighted by Gasteiger charge is -2.26. The molecule has 2 aromatic rings. The summed E-state index contributed by atoms with van der Waals surface area (Å²) in [6.07, 6.45) is 4.88. The molecule has 1 aromatic carbocycles. The minimum Gasteiger partial charge on any atom is -0.365 e. The van der Waals surface area contributed by atoms with Gasteiger partial charge in [0.25, 0.3) is 5.95 Å². The van der Waals surface area contributed by atoms with Gasteiger partial charge < -0.3 is 15.6 Å². The van der Waals surface area contributed by atoms with Gasteiger partial charge in [-0.25, -0.2) is 0 Å². The minimum absolute atomic E-state index is 0.0772. The lowest BCUT2D eigenvalue weighted by molar-refractivity contribution is -0.122. The molecule has 6 heteroatoms. The maximum absolute atomic E-state index is 12.5. The van der Waals surface area contributed by atoms with Crippen LogP contribution < -0.4 is 11.1 Å². The van der Waals surface area contributed by atoms with Crippen LogP contribution in [0.1, 0.15) is 36.3 Å². The average molecular weight is 312 g/mol. The normalized spacial score (nSPS) is 25.1. The predicted molar refractivity (Wildman–Crippen MR) is 84.6 cm³/mol. The van der Waals surface area contributed by atoms with Gasteiger partial charge in [0.1, 0.15) is 0 Å². The predicted octanol–water partition coefficient (Wildman–Crippen LogP) is 1.60. The molecule has 3 N–H and O–H groups in total. The van der Waals surface area contributed by atoms with Crippen molar-refractivity contribution in [3.63, 3.8) is 0 Å². The fourth-order valence-electron chi connectivity index (χ4n) is 3.96. The van der Waals surface area contributed by atoms with Crippen LogP contribution in [0.4, 0.5) is 5.95 Å². The first-order valence-corrected chi connectivity index (χ1v) is 8.13. The number of nitrogens with two attached hydrogens (primary N) is 1. The van der Waals surface area contributed by atoms with Crippen LogP contribution in [-0.2, 0) is 23.1 Å². The molecule has 1 aromatic heterocycles. The Morgan fingerprint density at radius 1 is 1.43 bits per heavy atom. The molecule has 0 aliphatic heterocycles. The van der Waals surface area contributed by atoms with Crippen molar-refractivity contribution in [3.8, 4) is 0 Å². The van der Waals surface area contributed by atoms with Crippen LogP contribution >= 0.6 is 0 Å². The average Bonchev–Trinajstić information content (AvgIpc) is 3.12. The molecule has 2 aliphatic carbocycles. The van der Waals surface area contributed by atoms with E-state index in [4.69, 9.17) is 10.3 Å². The SMILES string of the molecule is Nc1noc(CCNC(=O)C2CC23CCCc2ccccc23)n1. The van der Waals surface area contributed by atoms with Gasteiger partial charge in [-0.3, -0.25) is 4.79 Å². The molecule has 0 bridgehead atoms. The number of rotatable bonds is 4. The zero-order valence-corrected chi connectivity index (χ0v) is 12.9. The number of anilines is 1.